The van der Waals surface area contributed by atoms with Gasteiger partial charge in [-0.15, -0.1) is 0 Å². The summed E-state index contributed by atoms with van der Waals surface area (Å²) < 4.78 is 0. The van der Waals surface area contributed by atoms with Crippen LogP contribution < -0.4 is 5.32 Å². The maximum absolute atomic E-state index is 13.9. The standard InChI is InChI=1S/C27H33N3O2/c31-25-27(18-21-10-3-1-4-11-21,19-22-12-5-2-6-13-22)28-26(32)30(25)20-29-17-9-15-23-14-7-8-16-24(23)29/h1-6,10-13,23-24H,7-9,14-20H2,(H,28,32)/t23-,24-/m1/s1. The third kappa shape index (κ3) is 4.18. The monoisotopic (exact) mass is 431 g/mol. The van der Waals surface area contributed by atoms with Gasteiger partial charge in [0, 0.05) is 25.4 Å². The Balaban J connectivity index is 1.40. The van der Waals surface area contributed by atoms with Crippen molar-refractivity contribution in [2.24, 2.45) is 5.92 Å². The Morgan fingerprint density at radius 3 is 2.06 bits per heavy atom. The van der Waals surface area contributed by atoms with Gasteiger partial charge >= 0.3 is 6.03 Å². The maximum Gasteiger partial charge on any atom is 0.326 e. The number of nitrogens with zero attached hydrogens (tertiary/aromatic N) is 2. The van der Waals surface area contributed by atoms with Gasteiger partial charge in [-0.1, -0.05) is 73.5 Å². The number of carbonyl (C=O) groups excluding carboxylic acids is 2. The van der Waals surface area contributed by atoms with E-state index < -0.39 is 5.54 Å². The summed E-state index contributed by atoms with van der Waals surface area (Å²) in [6.07, 6.45) is 8.48. The number of likely N-dealkylation sites (tertiary alicyclic amines) is 1. The van der Waals surface area contributed by atoms with Crippen LogP contribution in [0.5, 0.6) is 0 Å². The molecule has 2 atom stereocenters. The van der Waals surface area contributed by atoms with Crippen molar-refractivity contribution in [2.45, 2.75) is 62.9 Å². The van der Waals surface area contributed by atoms with Gasteiger partial charge in [0.15, 0.2) is 0 Å². The van der Waals surface area contributed by atoms with Gasteiger partial charge in [-0.05, 0) is 42.7 Å². The van der Waals surface area contributed by atoms with Crippen molar-refractivity contribution in [3.05, 3.63) is 71.8 Å². The first-order chi connectivity index (χ1) is 15.6. The molecule has 1 N–H and O–H groups in total. The molecule has 0 spiro atoms. The Kier molecular flexibility index (Phi) is 6.01. The fraction of sp³-hybridized carbons (Fsp3) is 0.481. The SMILES string of the molecule is O=C1NC(Cc2ccccc2)(Cc2ccccc2)C(=O)N1CN1CCC[C@H]2CCCC[C@H]21. The number of fused-ring (bicyclic) bond motifs is 1. The smallest absolute Gasteiger partial charge is 0.322 e. The van der Waals surface area contributed by atoms with E-state index in [4.69, 9.17) is 0 Å². The average Bonchev–Trinajstić information content (AvgIpc) is 3.04. The minimum absolute atomic E-state index is 0.0897. The number of piperidine rings is 1. The molecule has 0 unspecified atom stereocenters. The molecule has 5 heteroatoms. The van der Waals surface area contributed by atoms with Crippen molar-refractivity contribution in [1.82, 2.24) is 15.1 Å². The molecule has 3 aliphatic rings. The summed E-state index contributed by atoms with van der Waals surface area (Å²) in [7, 11) is 0. The Morgan fingerprint density at radius 1 is 0.812 bits per heavy atom. The third-order valence-corrected chi connectivity index (χ3v) is 7.62. The number of urea groups is 1. The molecule has 2 saturated heterocycles. The number of imide groups is 1. The Labute approximate surface area is 190 Å². The molecule has 0 bridgehead atoms. The van der Waals surface area contributed by atoms with Crippen LogP contribution in [0.15, 0.2) is 60.7 Å². The molecular formula is C27H33N3O2. The normalized spacial score (nSPS) is 25.4. The Morgan fingerprint density at radius 2 is 1.41 bits per heavy atom. The van der Waals surface area contributed by atoms with Crippen molar-refractivity contribution in [3.63, 3.8) is 0 Å². The molecule has 5 nitrogen and oxygen atoms in total. The lowest BCUT2D eigenvalue weighted by atomic mass is 9.78. The predicted octanol–water partition coefficient (Wildman–Crippen LogP) is 4.37. The van der Waals surface area contributed by atoms with Crippen LogP contribution in [0.25, 0.3) is 0 Å². The van der Waals surface area contributed by atoms with E-state index in [1.54, 1.807) is 0 Å². The number of nitrogens with one attached hydrogen (secondary N) is 1. The minimum atomic E-state index is -0.943. The molecule has 5 rings (SSSR count). The molecule has 1 saturated carbocycles. The first kappa shape index (κ1) is 21.2. The van der Waals surface area contributed by atoms with E-state index >= 15 is 0 Å². The van der Waals surface area contributed by atoms with Crippen LogP contribution in [0, 0.1) is 5.92 Å². The number of amides is 3. The van der Waals surface area contributed by atoms with Crippen molar-refractivity contribution < 1.29 is 9.59 Å². The van der Waals surface area contributed by atoms with Crippen LogP contribution in [-0.4, -0.2) is 46.5 Å². The predicted molar refractivity (Wildman–Crippen MR) is 125 cm³/mol. The van der Waals surface area contributed by atoms with Gasteiger partial charge in [0.25, 0.3) is 5.91 Å². The highest BCUT2D eigenvalue weighted by atomic mass is 16.2. The van der Waals surface area contributed by atoms with Crippen molar-refractivity contribution >= 4 is 11.9 Å². The van der Waals surface area contributed by atoms with E-state index in [1.165, 1.54) is 37.0 Å². The molecule has 1 aliphatic carbocycles. The quantitative estimate of drug-likeness (QED) is 0.691. The van der Waals surface area contributed by atoms with Gasteiger partial charge in [-0.25, -0.2) is 9.69 Å². The van der Waals surface area contributed by atoms with E-state index in [1.807, 2.05) is 60.7 Å². The lowest BCUT2D eigenvalue weighted by molar-refractivity contribution is -0.133. The first-order valence-corrected chi connectivity index (χ1v) is 12.1. The molecule has 2 aliphatic heterocycles. The first-order valence-electron chi connectivity index (χ1n) is 12.1. The zero-order valence-electron chi connectivity index (χ0n) is 18.7. The van der Waals surface area contributed by atoms with Crippen LogP contribution in [0.1, 0.15) is 49.7 Å². The summed E-state index contributed by atoms with van der Waals surface area (Å²) in [6.45, 7) is 1.39. The van der Waals surface area contributed by atoms with Crippen LogP contribution in [-0.2, 0) is 17.6 Å². The van der Waals surface area contributed by atoms with Gasteiger partial charge in [-0.2, -0.15) is 0 Å². The van der Waals surface area contributed by atoms with Gasteiger partial charge < -0.3 is 5.32 Å². The highest BCUT2D eigenvalue weighted by Crippen LogP contribution is 2.36. The largest absolute Gasteiger partial charge is 0.326 e. The summed E-state index contributed by atoms with van der Waals surface area (Å²) in [5, 5.41) is 3.14. The molecule has 0 aromatic heterocycles. The molecular weight excluding hydrogens is 398 g/mol. The van der Waals surface area contributed by atoms with Gasteiger partial charge in [0.2, 0.25) is 0 Å². The summed E-state index contributed by atoms with van der Waals surface area (Å²) in [5.41, 5.74) is 1.18. The van der Waals surface area contributed by atoms with Crippen molar-refractivity contribution in [2.75, 3.05) is 13.2 Å². The highest BCUT2D eigenvalue weighted by Gasteiger charge is 2.52. The lowest BCUT2D eigenvalue weighted by Crippen LogP contribution is -2.54. The van der Waals surface area contributed by atoms with Crippen molar-refractivity contribution in [1.29, 1.82) is 0 Å². The number of benzene rings is 2. The molecule has 3 amide bonds. The van der Waals surface area contributed by atoms with Gasteiger partial charge in [0.05, 0.1) is 6.67 Å². The van der Waals surface area contributed by atoms with E-state index in [0.29, 0.717) is 25.6 Å². The van der Waals surface area contributed by atoms with E-state index in [0.717, 1.165) is 30.0 Å². The number of hydrogen-bond acceptors (Lipinski definition) is 3. The zero-order valence-corrected chi connectivity index (χ0v) is 18.7. The summed E-state index contributed by atoms with van der Waals surface area (Å²) in [6, 6.07) is 20.3. The summed E-state index contributed by atoms with van der Waals surface area (Å²) in [5.74, 6) is 0.629. The number of rotatable bonds is 6. The Bertz CT molecular complexity index is 902. The molecule has 2 aromatic carbocycles. The van der Waals surface area contributed by atoms with E-state index in [-0.39, 0.29) is 11.9 Å². The number of hydrogen-bond donors (Lipinski definition) is 1. The molecule has 0 radical (unpaired) electrons. The molecule has 3 fully saturated rings. The molecule has 2 heterocycles. The second kappa shape index (κ2) is 9.07. The maximum atomic E-state index is 13.9. The zero-order chi connectivity index (χ0) is 22.0. The molecule has 2 aromatic rings. The van der Waals surface area contributed by atoms with Crippen LogP contribution in [0.2, 0.25) is 0 Å². The summed E-state index contributed by atoms with van der Waals surface area (Å²) >= 11 is 0. The van der Waals surface area contributed by atoms with Gasteiger partial charge in [0.1, 0.15) is 5.54 Å². The van der Waals surface area contributed by atoms with Crippen LogP contribution >= 0.6 is 0 Å². The average molecular weight is 432 g/mol. The molecule has 168 valence electrons. The highest BCUT2D eigenvalue weighted by molar-refractivity contribution is 6.07. The molecule has 32 heavy (non-hydrogen) atoms. The third-order valence-electron chi connectivity index (χ3n) is 7.62. The van der Waals surface area contributed by atoms with E-state index in [2.05, 4.69) is 10.2 Å². The van der Waals surface area contributed by atoms with Crippen LogP contribution in [0.4, 0.5) is 4.79 Å². The summed E-state index contributed by atoms with van der Waals surface area (Å²) in [4.78, 5) is 31.0. The topological polar surface area (TPSA) is 52.7 Å². The lowest BCUT2D eigenvalue weighted by Gasteiger charge is -2.45. The number of carbonyl (C=O) groups is 2. The second-order valence-corrected chi connectivity index (χ2v) is 9.78. The van der Waals surface area contributed by atoms with Gasteiger partial charge in [-0.3, -0.25) is 9.69 Å². The second-order valence-electron chi connectivity index (χ2n) is 9.78. The minimum Gasteiger partial charge on any atom is -0.322 e. The van der Waals surface area contributed by atoms with Crippen LogP contribution in [0.3, 0.4) is 0 Å². The Hall–Kier alpha value is -2.66. The van der Waals surface area contributed by atoms with E-state index in [9.17, 15) is 9.59 Å². The van der Waals surface area contributed by atoms with Crippen molar-refractivity contribution in [3.8, 4) is 0 Å². The fourth-order valence-electron chi connectivity index (χ4n) is 6.08. The fourth-order valence-corrected chi connectivity index (χ4v) is 6.08.